The van der Waals surface area contributed by atoms with Crippen LogP contribution in [-0.2, 0) is 21.2 Å². The molecule has 2 aromatic carbocycles. The first kappa shape index (κ1) is 26.2. The van der Waals surface area contributed by atoms with Crippen LogP contribution in [0.1, 0.15) is 19.4 Å². The molecule has 0 radical (unpaired) electrons. The first-order valence-corrected chi connectivity index (χ1v) is 12.1. The van der Waals surface area contributed by atoms with Crippen LogP contribution in [0.2, 0.25) is 0 Å². The summed E-state index contributed by atoms with van der Waals surface area (Å²) in [6.07, 6.45) is 2.48. The van der Waals surface area contributed by atoms with Crippen LogP contribution in [0.4, 0.5) is 11.4 Å². The van der Waals surface area contributed by atoms with E-state index in [1.54, 1.807) is 43.0 Å². The quantitative estimate of drug-likeness (QED) is 0.473. The molecular formula is C24H33N3O5S. The summed E-state index contributed by atoms with van der Waals surface area (Å²) in [7, 11) is 1.50. The molecule has 9 heteroatoms. The van der Waals surface area contributed by atoms with Crippen molar-refractivity contribution in [1.82, 2.24) is 4.31 Å². The van der Waals surface area contributed by atoms with Gasteiger partial charge in [0.25, 0.3) is 5.91 Å². The summed E-state index contributed by atoms with van der Waals surface area (Å²) < 4.78 is 38.2. The number of methoxy groups -OCH3 is 1. The Morgan fingerprint density at radius 1 is 1.09 bits per heavy atom. The topological polar surface area (TPSA) is 88.2 Å². The predicted octanol–water partition coefficient (Wildman–Crippen LogP) is 3.54. The summed E-state index contributed by atoms with van der Waals surface area (Å²) in [5, 5.41) is 2.78. The standard InChI is InChI=1S/C24H33N3O5S/c1-7-10-18-11-14-22(23(15-18)31-6)32-17-24(28)25-20-16-19(12-13-21(20)26(4)5)33(29,30)27(8-2)9-3/h7,11-16H,1,8-10,17H2,2-6H3,(H,25,28). The van der Waals surface area contributed by atoms with Gasteiger partial charge in [-0.3, -0.25) is 4.79 Å². The second-order valence-corrected chi connectivity index (χ2v) is 9.42. The number of ether oxygens (including phenoxy) is 2. The molecule has 0 unspecified atom stereocenters. The number of anilines is 2. The second kappa shape index (κ2) is 11.7. The van der Waals surface area contributed by atoms with E-state index in [1.165, 1.54) is 17.5 Å². The van der Waals surface area contributed by atoms with E-state index in [0.717, 1.165) is 5.56 Å². The number of hydrogen-bond donors (Lipinski definition) is 1. The first-order chi connectivity index (χ1) is 15.7. The van der Waals surface area contributed by atoms with Gasteiger partial charge in [0.05, 0.1) is 23.4 Å². The summed E-state index contributed by atoms with van der Waals surface area (Å²) in [6, 6.07) is 10.2. The molecule has 0 fully saturated rings. The average Bonchev–Trinajstić information content (AvgIpc) is 2.78. The molecular weight excluding hydrogens is 442 g/mol. The van der Waals surface area contributed by atoms with E-state index in [0.29, 0.717) is 42.4 Å². The normalized spacial score (nSPS) is 11.2. The molecule has 1 amide bonds. The van der Waals surface area contributed by atoms with Crippen LogP contribution in [0, 0.1) is 0 Å². The fraction of sp³-hybridized carbons (Fsp3) is 0.375. The minimum absolute atomic E-state index is 0.118. The van der Waals surface area contributed by atoms with E-state index in [9.17, 15) is 13.2 Å². The lowest BCUT2D eigenvalue weighted by molar-refractivity contribution is -0.118. The van der Waals surface area contributed by atoms with Crippen molar-refractivity contribution in [2.45, 2.75) is 25.2 Å². The van der Waals surface area contributed by atoms with E-state index < -0.39 is 15.9 Å². The maximum absolute atomic E-state index is 12.9. The van der Waals surface area contributed by atoms with Gasteiger partial charge in [-0.2, -0.15) is 4.31 Å². The van der Waals surface area contributed by atoms with E-state index >= 15 is 0 Å². The van der Waals surface area contributed by atoms with Crippen molar-refractivity contribution in [1.29, 1.82) is 0 Å². The Morgan fingerprint density at radius 3 is 2.36 bits per heavy atom. The summed E-state index contributed by atoms with van der Waals surface area (Å²) >= 11 is 0. The zero-order valence-corrected chi connectivity index (χ0v) is 20.7. The molecule has 0 heterocycles. The number of carbonyl (C=O) groups excluding carboxylic acids is 1. The van der Waals surface area contributed by atoms with Gasteiger partial charge in [0.2, 0.25) is 10.0 Å². The van der Waals surface area contributed by atoms with Crippen molar-refractivity contribution in [3.8, 4) is 11.5 Å². The molecule has 0 aromatic heterocycles. The number of amides is 1. The fourth-order valence-electron chi connectivity index (χ4n) is 3.33. The molecule has 0 atom stereocenters. The van der Waals surface area contributed by atoms with Crippen LogP contribution < -0.4 is 19.7 Å². The highest BCUT2D eigenvalue weighted by atomic mass is 32.2. The van der Waals surface area contributed by atoms with E-state index in [1.807, 2.05) is 26.2 Å². The van der Waals surface area contributed by atoms with Crippen LogP contribution >= 0.6 is 0 Å². The van der Waals surface area contributed by atoms with Crippen LogP contribution in [0.5, 0.6) is 11.5 Å². The number of nitrogens with one attached hydrogen (secondary N) is 1. The van der Waals surface area contributed by atoms with Gasteiger partial charge in [-0.25, -0.2) is 8.42 Å². The lowest BCUT2D eigenvalue weighted by Gasteiger charge is -2.22. The van der Waals surface area contributed by atoms with Gasteiger partial charge in [-0.1, -0.05) is 26.0 Å². The van der Waals surface area contributed by atoms with Gasteiger partial charge in [0.15, 0.2) is 18.1 Å². The molecule has 0 aliphatic rings. The number of sulfonamides is 1. The molecule has 0 aliphatic carbocycles. The monoisotopic (exact) mass is 475 g/mol. The third-order valence-corrected chi connectivity index (χ3v) is 7.08. The van der Waals surface area contributed by atoms with Gasteiger partial charge in [-0.15, -0.1) is 6.58 Å². The zero-order chi connectivity index (χ0) is 24.6. The number of rotatable bonds is 12. The van der Waals surface area contributed by atoms with Gasteiger partial charge < -0.3 is 19.7 Å². The highest BCUT2D eigenvalue weighted by Gasteiger charge is 2.23. The number of benzene rings is 2. The fourth-order valence-corrected chi connectivity index (χ4v) is 4.82. The molecule has 2 aromatic rings. The highest BCUT2D eigenvalue weighted by Crippen LogP contribution is 2.30. The molecule has 0 spiro atoms. The van der Waals surface area contributed by atoms with Gasteiger partial charge in [0, 0.05) is 27.2 Å². The summed E-state index contributed by atoms with van der Waals surface area (Å²) in [5.74, 6) is 0.530. The van der Waals surface area contributed by atoms with Crippen molar-refractivity contribution in [2.75, 3.05) is 51.1 Å². The Balaban J connectivity index is 2.23. The van der Waals surface area contributed by atoms with Crippen molar-refractivity contribution < 1.29 is 22.7 Å². The molecule has 1 N–H and O–H groups in total. The molecule has 8 nitrogen and oxygen atoms in total. The number of allylic oxidation sites excluding steroid dienone is 1. The second-order valence-electron chi connectivity index (χ2n) is 7.48. The maximum Gasteiger partial charge on any atom is 0.262 e. The Bertz CT molecular complexity index is 1080. The largest absolute Gasteiger partial charge is 0.493 e. The van der Waals surface area contributed by atoms with Gasteiger partial charge in [0.1, 0.15) is 0 Å². The van der Waals surface area contributed by atoms with Crippen molar-refractivity contribution >= 4 is 27.3 Å². The Kier molecular flexibility index (Phi) is 9.31. The maximum atomic E-state index is 12.9. The van der Waals surface area contributed by atoms with E-state index in [-0.39, 0.29) is 11.5 Å². The highest BCUT2D eigenvalue weighted by molar-refractivity contribution is 7.89. The van der Waals surface area contributed by atoms with Gasteiger partial charge in [-0.05, 0) is 42.3 Å². The summed E-state index contributed by atoms with van der Waals surface area (Å²) in [6.45, 7) is 7.74. The van der Waals surface area contributed by atoms with Gasteiger partial charge >= 0.3 is 0 Å². The Hall–Kier alpha value is -3.04. The van der Waals surface area contributed by atoms with Crippen LogP contribution in [0.3, 0.4) is 0 Å². The molecule has 0 bridgehead atoms. The minimum Gasteiger partial charge on any atom is -0.493 e. The SMILES string of the molecule is C=CCc1ccc(OCC(=O)Nc2cc(S(=O)(=O)N(CC)CC)ccc2N(C)C)c(OC)c1. The molecule has 0 saturated heterocycles. The molecule has 0 saturated carbocycles. The average molecular weight is 476 g/mol. The van der Waals surface area contributed by atoms with E-state index in [2.05, 4.69) is 11.9 Å². The smallest absolute Gasteiger partial charge is 0.262 e. The first-order valence-electron chi connectivity index (χ1n) is 10.7. The molecule has 33 heavy (non-hydrogen) atoms. The summed E-state index contributed by atoms with van der Waals surface area (Å²) in [5.41, 5.74) is 2.07. The van der Waals surface area contributed by atoms with Crippen molar-refractivity contribution in [3.63, 3.8) is 0 Å². The molecule has 0 aliphatic heterocycles. The lowest BCUT2D eigenvalue weighted by Crippen LogP contribution is -2.31. The number of nitrogens with zero attached hydrogens (tertiary/aromatic N) is 2. The van der Waals surface area contributed by atoms with Crippen LogP contribution in [0.25, 0.3) is 0 Å². The Labute approximate surface area is 196 Å². The van der Waals surface area contributed by atoms with Crippen LogP contribution in [-0.4, -0.2) is 59.5 Å². The molecule has 2 rings (SSSR count). The zero-order valence-electron chi connectivity index (χ0n) is 19.9. The van der Waals surface area contributed by atoms with Crippen molar-refractivity contribution in [3.05, 3.63) is 54.6 Å². The third kappa shape index (κ3) is 6.49. The Morgan fingerprint density at radius 2 is 1.79 bits per heavy atom. The lowest BCUT2D eigenvalue weighted by atomic mass is 10.1. The number of hydrogen-bond acceptors (Lipinski definition) is 6. The predicted molar refractivity (Wildman–Crippen MR) is 132 cm³/mol. The minimum atomic E-state index is -3.67. The molecule has 180 valence electrons. The van der Waals surface area contributed by atoms with Crippen LogP contribution in [0.15, 0.2) is 53.9 Å². The third-order valence-electron chi connectivity index (χ3n) is 5.03. The summed E-state index contributed by atoms with van der Waals surface area (Å²) in [4.78, 5) is 14.6. The number of carbonyl (C=O) groups is 1. The van der Waals surface area contributed by atoms with E-state index in [4.69, 9.17) is 9.47 Å². The van der Waals surface area contributed by atoms with Crippen molar-refractivity contribution in [2.24, 2.45) is 0 Å².